The first-order valence-corrected chi connectivity index (χ1v) is 14.4. The van der Waals surface area contributed by atoms with Gasteiger partial charge in [-0.3, -0.25) is 4.79 Å². The molecular weight excluding hydrogens is 566 g/mol. The number of carbonyl (C=O) groups is 3. The molecule has 44 heavy (non-hydrogen) atoms. The minimum Gasteiger partial charge on any atom is -0.497 e. The van der Waals surface area contributed by atoms with Crippen molar-refractivity contribution in [3.05, 3.63) is 59.9 Å². The standard InChI is InChI=1S/C31H31N7O6/c1-30(2,3)44-29(42)38-23-12-17(6-8-19(23)26(35-38)34-24-14-25(33-16-32-24)36-10-5-11-36)21-15-31(21)20-13-18(43-4)7-9-22(20)37(27(31)39)28(40)41/h6-9,12-14,16,21H,5,10-11,15H2,1-4H3,(H,40,41)(H,32,33,34,35)/t21-,31-/m0/s1. The van der Waals surface area contributed by atoms with Crippen molar-refractivity contribution in [2.75, 3.05) is 35.3 Å². The predicted molar refractivity (Wildman–Crippen MR) is 161 cm³/mol. The maximum Gasteiger partial charge on any atom is 0.435 e. The normalized spacial score (nSPS) is 20.5. The summed E-state index contributed by atoms with van der Waals surface area (Å²) in [6, 6.07) is 12.4. The highest BCUT2D eigenvalue weighted by molar-refractivity contribution is 6.22. The lowest BCUT2D eigenvalue weighted by Gasteiger charge is -2.31. The van der Waals surface area contributed by atoms with Crippen LogP contribution in [0.15, 0.2) is 48.8 Å². The Labute approximate surface area is 252 Å². The van der Waals surface area contributed by atoms with Gasteiger partial charge in [-0.25, -0.2) is 24.5 Å². The summed E-state index contributed by atoms with van der Waals surface area (Å²) in [6.07, 6.45) is 1.01. The Balaban J connectivity index is 1.29. The summed E-state index contributed by atoms with van der Waals surface area (Å²) >= 11 is 0. The molecule has 4 aromatic rings. The molecule has 1 aliphatic carbocycles. The molecule has 2 N–H and O–H groups in total. The second-order valence-corrected chi connectivity index (χ2v) is 12.3. The molecule has 13 nitrogen and oxygen atoms in total. The fourth-order valence-electron chi connectivity index (χ4n) is 6.15. The highest BCUT2D eigenvalue weighted by Gasteiger charge is 2.68. The van der Waals surface area contributed by atoms with Crippen molar-refractivity contribution in [2.24, 2.45) is 0 Å². The molecule has 2 atom stereocenters. The van der Waals surface area contributed by atoms with Gasteiger partial charge in [0, 0.05) is 30.5 Å². The number of carbonyl (C=O) groups excluding carboxylic acids is 2. The average molecular weight is 598 g/mol. The number of nitrogens with zero attached hydrogens (tertiary/aromatic N) is 6. The van der Waals surface area contributed by atoms with E-state index in [4.69, 9.17) is 9.47 Å². The number of anilines is 4. The summed E-state index contributed by atoms with van der Waals surface area (Å²) in [5.41, 5.74) is 0.370. The van der Waals surface area contributed by atoms with Gasteiger partial charge in [-0.2, -0.15) is 4.68 Å². The number of imide groups is 1. The van der Waals surface area contributed by atoms with Crippen LogP contribution < -0.4 is 19.9 Å². The van der Waals surface area contributed by atoms with E-state index in [1.54, 1.807) is 39.0 Å². The number of ether oxygens (including phenoxy) is 2. The molecule has 1 saturated carbocycles. The van der Waals surface area contributed by atoms with Crippen molar-refractivity contribution in [1.29, 1.82) is 0 Å². The van der Waals surface area contributed by atoms with Crippen LogP contribution in [0.25, 0.3) is 10.9 Å². The van der Waals surface area contributed by atoms with Crippen LogP contribution in [0, 0.1) is 0 Å². The van der Waals surface area contributed by atoms with Crippen molar-refractivity contribution < 1.29 is 29.0 Å². The molecule has 2 amide bonds. The lowest BCUT2D eigenvalue weighted by molar-refractivity contribution is -0.119. The first-order valence-electron chi connectivity index (χ1n) is 14.4. The van der Waals surface area contributed by atoms with E-state index in [1.165, 1.54) is 18.1 Å². The van der Waals surface area contributed by atoms with E-state index >= 15 is 0 Å². The first-order chi connectivity index (χ1) is 21.0. The van der Waals surface area contributed by atoms with E-state index in [1.807, 2.05) is 24.3 Å². The molecule has 0 bridgehead atoms. The Hall–Kier alpha value is -5.20. The van der Waals surface area contributed by atoms with E-state index in [9.17, 15) is 19.5 Å². The van der Waals surface area contributed by atoms with Gasteiger partial charge < -0.3 is 24.8 Å². The zero-order chi connectivity index (χ0) is 31.0. The number of fused-ring (bicyclic) bond motifs is 3. The molecule has 4 heterocycles. The van der Waals surface area contributed by atoms with Gasteiger partial charge in [0.05, 0.1) is 23.7 Å². The molecule has 2 aromatic heterocycles. The first kappa shape index (κ1) is 27.6. The number of amides is 2. The quantitative estimate of drug-likeness (QED) is 0.319. The lowest BCUT2D eigenvalue weighted by Crippen LogP contribution is -2.37. The zero-order valence-electron chi connectivity index (χ0n) is 24.7. The Kier molecular flexibility index (Phi) is 6.06. The van der Waals surface area contributed by atoms with Crippen molar-refractivity contribution in [2.45, 2.75) is 50.5 Å². The minimum atomic E-state index is -1.33. The second-order valence-electron chi connectivity index (χ2n) is 12.3. The van der Waals surface area contributed by atoms with E-state index < -0.39 is 29.1 Å². The van der Waals surface area contributed by atoms with E-state index in [0.29, 0.717) is 46.0 Å². The number of carboxylic acid groups (broad SMARTS) is 1. The van der Waals surface area contributed by atoms with Crippen molar-refractivity contribution in [3.63, 3.8) is 0 Å². The number of aromatic nitrogens is 4. The number of hydrogen-bond donors (Lipinski definition) is 2. The molecule has 1 spiro atoms. The molecule has 0 unspecified atom stereocenters. The predicted octanol–water partition coefficient (Wildman–Crippen LogP) is 5.02. The topological polar surface area (TPSA) is 152 Å². The molecule has 1 saturated heterocycles. The summed E-state index contributed by atoms with van der Waals surface area (Å²) in [6.45, 7) is 7.20. The molecule has 2 aromatic carbocycles. The number of nitrogens with one attached hydrogen (secondary N) is 1. The van der Waals surface area contributed by atoms with Crippen molar-refractivity contribution in [3.8, 4) is 5.75 Å². The molecule has 2 aliphatic heterocycles. The molecule has 13 heteroatoms. The van der Waals surface area contributed by atoms with E-state index in [-0.39, 0.29) is 5.92 Å². The third-order valence-corrected chi connectivity index (χ3v) is 8.42. The fourth-order valence-corrected chi connectivity index (χ4v) is 6.15. The van der Waals surface area contributed by atoms with Crippen LogP contribution >= 0.6 is 0 Å². The molecular formula is C31H31N7O6. The summed E-state index contributed by atoms with van der Waals surface area (Å²) in [4.78, 5) is 50.8. The Morgan fingerprint density at radius 2 is 1.89 bits per heavy atom. The third-order valence-electron chi connectivity index (χ3n) is 8.42. The second kappa shape index (κ2) is 9.66. The van der Waals surface area contributed by atoms with Gasteiger partial charge >= 0.3 is 12.2 Å². The van der Waals surface area contributed by atoms with Crippen LogP contribution in [-0.4, -0.2) is 68.7 Å². The number of benzene rings is 2. The SMILES string of the molecule is COc1ccc2c(c1)[C@]1(C[C@H]1c1ccc3c(Nc4cc(N5CCC5)ncn4)nn(C(=O)OC(C)(C)C)c3c1)C(=O)N2C(=O)O. The van der Waals surface area contributed by atoms with Gasteiger partial charge in [0.1, 0.15) is 29.3 Å². The van der Waals surface area contributed by atoms with Crippen LogP contribution in [0.3, 0.4) is 0 Å². The van der Waals surface area contributed by atoms with Crippen molar-refractivity contribution >= 4 is 52.1 Å². The fraction of sp³-hybridized carbons (Fsp3) is 0.355. The maximum absolute atomic E-state index is 13.7. The number of rotatable bonds is 5. The van der Waals surface area contributed by atoms with Gasteiger partial charge in [-0.15, -0.1) is 5.10 Å². The Bertz CT molecular complexity index is 1860. The zero-order valence-corrected chi connectivity index (χ0v) is 24.7. The third kappa shape index (κ3) is 4.29. The Morgan fingerprint density at radius 1 is 1.09 bits per heavy atom. The summed E-state index contributed by atoms with van der Waals surface area (Å²) in [7, 11) is 1.52. The van der Waals surface area contributed by atoms with Crippen LogP contribution in [-0.2, 0) is 14.9 Å². The van der Waals surface area contributed by atoms with Gasteiger partial charge in [0.25, 0.3) is 0 Å². The maximum atomic E-state index is 13.7. The summed E-state index contributed by atoms with van der Waals surface area (Å²) in [5.74, 6) is 1.44. The molecule has 226 valence electrons. The summed E-state index contributed by atoms with van der Waals surface area (Å²) in [5, 5.41) is 18.3. The number of methoxy groups -OCH3 is 1. The van der Waals surface area contributed by atoms with Gasteiger partial charge in [-0.1, -0.05) is 6.07 Å². The van der Waals surface area contributed by atoms with Gasteiger partial charge in [-0.05, 0) is 75.1 Å². The molecule has 7 rings (SSSR count). The largest absolute Gasteiger partial charge is 0.497 e. The van der Waals surface area contributed by atoms with Crippen LogP contribution in [0.1, 0.15) is 50.7 Å². The highest BCUT2D eigenvalue weighted by Crippen LogP contribution is 2.67. The van der Waals surface area contributed by atoms with Crippen molar-refractivity contribution in [1.82, 2.24) is 19.7 Å². The van der Waals surface area contributed by atoms with Crippen LogP contribution in [0.5, 0.6) is 5.75 Å². The lowest BCUT2D eigenvalue weighted by atomic mass is 9.91. The van der Waals surface area contributed by atoms with Crippen LogP contribution in [0.4, 0.5) is 32.7 Å². The number of hydrogen-bond acceptors (Lipinski definition) is 10. The monoisotopic (exact) mass is 597 g/mol. The average Bonchev–Trinajstić information content (AvgIpc) is 3.53. The highest BCUT2D eigenvalue weighted by atomic mass is 16.6. The molecule has 2 fully saturated rings. The molecule has 3 aliphatic rings. The molecule has 0 radical (unpaired) electrons. The van der Waals surface area contributed by atoms with Crippen LogP contribution in [0.2, 0.25) is 0 Å². The smallest absolute Gasteiger partial charge is 0.435 e. The van der Waals surface area contributed by atoms with E-state index in [2.05, 4.69) is 25.3 Å². The summed E-state index contributed by atoms with van der Waals surface area (Å²) < 4.78 is 12.3. The minimum absolute atomic E-state index is 0.325. The van der Waals surface area contributed by atoms with Gasteiger partial charge in [0.2, 0.25) is 5.91 Å². The van der Waals surface area contributed by atoms with E-state index in [0.717, 1.165) is 35.8 Å². The van der Waals surface area contributed by atoms with Gasteiger partial charge in [0.15, 0.2) is 5.82 Å². The Morgan fingerprint density at radius 3 is 2.57 bits per heavy atom.